The Morgan fingerprint density at radius 1 is 1.13 bits per heavy atom. The molecule has 5 nitrogen and oxygen atoms in total. The van der Waals surface area contributed by atoms with Gasteiger partial charge in [0.25, 0.3) is 0 Å². The van der Waals surface area contributed by atoms with Crippen molar-refractivity contribution in [1.82, 2.24) is 10.2 Å². The van der Waals surface area contributed by atoms with Crippen LogP contribution in [0.2, 0.25) is 0 Å². The molecule has 0 bridgehead atoms. The summed E-state index contributed by atoms with van der Waals surface area (Å²) in [5, 5.41) is 3.53. The lowest BCUT2D eigenvalue weighted by molar-refractivity contribution is -0.131. The van der Waals surface area contributed by atoms with Gasteiger partial charge in [-0.15, -0.1) is 0 Å². The molecule has 5 heteroatoms. The Morgan fingerprint density at radius 3 is 2.50 bits per heavy atom. The van der Waals surface area contributed by atoms with E-state index in [4.69, 9.17) is 9.47 Å². The molecule has 2 atom stereocenters. The number of carbonyl (C=O) groups excluding carboxylic acids is 1. The van der Waals surface area contributed by atoms with Gasteiger partial charge in [-0.3, -0.25) is 4.79 Å². The summed E-state index contributed by atoms with van der Waals surface area (Å²) in [7, 11) is 3.32. The highest BCUT2D eigenvalue weighted by atomic mass is 16.5. The molecule has 30 heavy (non-hydrogen) atoms. The lowest BCUT2D eigenvalue weighted by atomic mass is 9.82. The van der Waals surface area contributed by atoms with E-state index >= 15 is 0 Å². The topological polar surface area (TPSA) is 50.8 Å². The minimum absolute atomic E-state index is 0.00848. The van der Waals surface area contributed by atoms with Gasteiger partial charge < -0.3 is 19.7 Å². The number of nitrogens with one attached hydrogen (secondary N) is 1. The van der Waals surface area contributed by atoms with Gasteiger partial charge in [-0.2, -0.15) is 0 Å². The molecule has 1 aliphatic rings. The van der Waals surface area contributed by atoms with E-state index in [9.17, 15) is 4.79 Å². The average molecular weight is 411 g/mol. The van der Waals surface area contributed by atoms with E-state index in [1.165, 1.54) is 5.56 Å². The molecule has 0 radical (unpaired) electrons. The smallest absolute Gasteiger partial charge is 0.237 e. The van der Waals surface area contributed by atoms with Gasteiger partial charge in [-0.05, 0) is 42.0 Å². The summed E-state index contributed by atoms with van der Waals surface area (Å²) in [5.74, 6) is 1.69. The first-order valence-corrected chi connectivity index (χ1v) is 10.6. The quantitative estimate of drug-likeness (QED) is 0.716. The number of benzene rings is 2. The molecule has 162 valence electrons. The summed E-state index contributed by atoms with van der Waals surface area (Å²) < 4.78 is 11.0. The van der Waals surface area contributed by atoms with E-state index < -0.39 is 0 Å². The van der Waals surface area contributed by atoms with Crippen molar-refractivity contribution in [2.45, 2.75) is 45.7 Å². The predicted octanol–water partition coefficient (Wildman–Crippen LogP) is 4.74. The molecule has 2 aromatic carbocycles. The maximum atomic E-state index is 13.2. The predicted molar refractivity (Wildman–Crippen MR) is 120 cm³/mol. The molecule has 1 heterocycles. The second kappa shape index (κ2) is 9.52. The molecule has 2 aromatic rings. The van der Waals surface area contributed by atoms with Crippen LogP contribution in [0, 0.1) is 5.41 Å². The molecule has 1 amide bonds. The van der Waals surface area contributed by atoms with Gasteiger partial charge >= 0.3 is 0 Å². The van der Waals surface area contributed by atoms with Crippen LogP contribution in [-0.2, 0) is 4.79 Å². The molecule has 2 unspecified atom stereocenters. The van der Waals surface area contributed by atoms with E-state index in [0.29, 0.717) is 6.54 Å². The number of hydrogen-bond acceptors (Lipinski definition) is 4. The average Bonchev–Trinajstić information content (AvgIpc) is 3.23. The summed E-state index contributed by atoms with van der Waals surface area (Å²) >= 11 is 0. The maximum Gasteiger partial charge on any atom is 0.237 e. The highest BCUT2D eigenvalue weighted by Crippen LogP contribution is 2.39. The Kier molecular flexibility index (Phi) is 7.03. The Bertz CT molecular complexity index is 845. The zero-order valence-electron chi connectivity index (χ0n) is 18.8. The van der Waals surface area contributed by atoms with Crippen molar-refractivity contribution in [3.05, 3.63) is 59.7 Å². The number of ether oxygens (including phenoxy) is 2. The summed E-state index contributed by atoms with van der Waals surface area (Å²) in [6.45, 7) is 7.66. The molecule has 1 saturated heterocycles. The SMILES string of the molecule is COc1ccc(OC)c(C2CCCN2C(=O)CNC(c2ccccc2)C(C)(C)C)c1. The first kappa shape index (κ1) is 22.2. The third-order valence-corrected chi connectivity index (χ3v) is 5.83. The van der Waals surface area contributed by atoms with Gasteiger partial charge in [-0.25, -0.2) is 0 Å². The summed E-state index contributed by atoms with van der Waals surface area (Å²) in [5.41, 5.74) is 2.20. The van der Waals surface area contributed by atoms with E-state index in [2.05, 4.69) is 38.2 Å². The van der Waals surface area contributed by atoms with Crippen LogP contribution in [0.4, 0.5) is 0 Å². The van der Waals surface area contributed by atoms with E-state index in [1.807, 2.05) is 41.3 Å². The van der Waals surface area contributed by atoms with E-state index in [-0.39, 0.29) is 23.4 Å². The molecular weight excluding hydrogens is 376 g/mol. The third-order valence-electron chi connectivity index (χ3n) is 5.83. The van der Waals surface area contributed by atoms with Crippen LogP contribution >= 0.6 is 0 Å². The fourth-order valence-corrected chi connectivity index (χ4v) is 4.35. The van der Waals surface area contributed by atoms with Crippen molar-refractivity contribution in [2.75, 3.05) is 27.3 Å². The van der Waals surface area contributed by atoms with Crippen LogP contribution in [0.25, 0.3) is 0 Å². The van der Waals surface area contributed by atoms with Crippen LogP contribution in [0.5, 0.6) is 11.5 Å². The van der Waals surface area contributed by atoms with E-state index in [1.54, 1.807) is 14.2 Å². The highest BCUT2D eigenvalue weighted by Gasteiger charge is 2.33. The maximum absolute atomic E-state index is 13.2. The second-order valence-electron chi connectivity index (χ2n) is 8.94. The monoisotopic (exact) mass is 410 g/mol. The Hall–Kier alpha value is -2.53. The van der Waals surface area contributed by atoms with Crippen molar-refractivity contribution < 1.29 is 14.3 Å². The summed E-state index contributed by atoms with van der Waals surface area (Å²) in [6, 6.07) is 16.2. The van der Waals surface area contributed by atoms with Crippen molar-refractivity contribution in [3.63, 3.8) is 0 Å². The van der Waals surface area contributed by atoms with Crippen LogP contribution < -0.4 is 14.8 Å². The minimum atomic E-state index is -0.0118. The van der Waals surface area contributed by atoms with Crippen molar-refractivity contribution in [3.8, 4) is 11.5 Å². The Morgan fingerprint density at radius 2 is 1.87 bits per heavy atom. The van der Waals surface area contributed by atoms with Gasteiger partial charge in [0.1, 0.15) is 11.5 Å². The molecule has 0 aromatic heterocycles. The molecule has 0 saturated carbocycles. The number of rotatable bonds is 7. The van der Waals surface area contributed by atoms with E-state index in [0.717, 1.165) is 36.4 Å². The second-order valence-corrected chi connectivity index (χ2v) is 8.94. The standard InChI is InChI=1S/C25H34N2O3/c1-25(2,3)24(18-10-7-6-8-11-18)26-17-23(28)27-15-9-12-21(27)20-16-19(29-4)13-14-22(20)30-5/h6-8,10-11,13-14,16,21,24,26H,9,12,15,17H2,1-5H3. The lowest BCUT2D eigenvalue weighted by Gasteiger charge is -2.33. The fourth-order valence-electron chi connectivity index (χ4n) is 4.35. The molecule has 3 rings (SSSR count). The zero-order chi connectivity index (χ0) is 21.7. The number of methoxy groups -OCH3 is 2. The third kappa shape index (κ3) is 4.96. The van der Waals surface area contributed by atoms with Crippen LogP contribution in [-0.4, -0.2) is 38.1 Å². The number of nitrogens with zero attached hydrogens (tertiary/aromatic N) is 1. The van der Waals surface area contributed by atoms with Crippen molar-refractivity contribution in [2.24, 2.45) is 5.41 Å². The van der Waals surface area contributed by atoms with Crippen molar-refractivity contribution >= 4 is 5.91 Å². The lowest BCUT2D eigenvalue weighted by Crippen LogP contribution is -2.42. The van der Waals surface area contributed by atoms with Gasteiger partial charge in [-0.1, -0.05) is 51.1 Å². The summed E-state index contributed by atoms with van der Waals surface area (Å²) in [6.07, 6.45) is 1.91. The first-order valence-electron chi connectivity index (χ1n) is 10.6. The molecule has 0 spiro atoms. The van der Waals surface area contributed by atoms with Gasteiger partial charge in [0.05, 0.1) is 26.8 Å². The van der Waals surface area contributed by atoms with Crippen LogP contribution in [0.15, 0.2) is 48.5 Å². The minimum Gasteiger partial charge on any atom is -0.497 e. The van der Waals surface area contributed by atoms with Gasteiger partial charge in [0, 0.05) is 18.2 Å². The van der Waals surface area contributed by atoms with Crippen molar-refractivity contribution in [1.29, 1.82) is 0 Å². The molecule has 0 aliphatic carbocycles. The number of amides is 1. The highest BCUT2D eigenvalue weighted by molar-refractivity contribution is 5.79. The van der Waals surface area contributed by atoms with Crippen LogP contribution in [0.3, 0.4) is 0 Å². The fraction of sp³-hybridized carbons (Fsp3) is 0.480. The first-order chi connectivity index (χ1) is 14.3. The Balaban J connectivity index is 1.76. The largest absolute Gasteiger partial charge is 0.497 e. The van der Waals surface area contributed by atoms with Crippen LogP contribution in [0.1, 0.15) is 56.8 Å². The van der Waals surface area contributed by atoms with Gasteiger partial charge in [0.2, 0.25) is 5.91 Å². The molecule has 1 N–H and O–H groups in total. The summed E-state index contributed by atoms with van der Waals surface area (Å²) in [4.78, 5) is 15.2. The Labute approximate surface area is 180 Å². The number of hydrogen-bond donors (Lipinski definition) is 1. The normalized spacial score (nSPS) is 17.6. The molecule has 1 fully saturated rings. The number of carbonyl (C=O) groups is 1. The molecule has 1 aliphatic heterocycles. The zero-order valence-corrected chi connectivity index (χ0v) is 18.8. The van der Waals surface area contributed by atoms with Gasteiger partial charge in [0.15, 0.2) is 0 Å². The number of likely N-dealkylation sites (tertiary alicyclic amines) is 1. The molecular formula is C25H34N2O3.